The van der Waals surface area contributed by atoms with Gasteiger partial charge in [0.25, 0.3) is 11.8 Å². The second-order valence-corrected chi connectivity index (χ2v) is 7.56. The summed E-state index contributed by atoms with van der Waals surface area (Å²) in [5.41, 5.74) is -1.06. The number of amides is 2. The minimum absolute atomic E-state index is 0.204. The molecule has 176 valence electrons. The molecule has 0 unspecified atom stereocenters. The van der Waals surface area contributed by atoms with Gasteiger partial charge < -0.3 is 15.1 Å². The first-order valence-corrected chi connectivity index (χ1v) is 10.3. The molecule has 1 saturated heterocycles. The van der Waals surface area contributed by atoms with Gasteiger partial charge in [-0.3, -0.25) is 9.59 Å². The van der Waals surface area contributed by atoms with Gasteiger partial charge in [0.05, 0.1) is 11.1 Å². The highest BCUT2D eigenvalue weighted by Gasteiger charge is 2.36. The van der Waals surface area contributed by atoms with E-state index in [0.29, 0.717) is 18.9 Å². The lowest BCUT2D eigenvalue weighted by Gasteiger charge is -2.35. The predicted molar refractivity (Wildman–Crippen MR) is 116 cm³/mol. The maximum Gasteiger partial charge on any atom is 0.417 e. The molecule has 0 saturated carbocycles. The van der Waals surface area contributed by atoms with E-state index >= 15 is 0 Å². The van der Waals surface area contributed by atoms with Crippen LogP contribution in [0.4, 0.5) is 29.2 Å². The zero-order valence-electron chi connectivity index (χ0n) is 17.7. The molecule has 2 amide bonds. The summed E-state index contributed by atoms with van der Waals surface area (Å²) in [5.74, 6) is -0.879. The minimum Gasteiger partial charge on any atom is -0.352 e. The average Bonchev–Trinajstić information content (AvgIpc) is 2.84. The Bertz CT molecular complexity index is 1180. The van der Waals surface area contributed by atoms with Crippen LogP contribution in [0.5, 0.6) is 0 Å². The van der Waals surface area contributed by atoms with Crippen molar-refractivity contribution in [1.29, 1.82) is 0 Å². The maximum atomic E-state index is 13.2. The van der Waals surface area contributed by atoms with Crippen LogP contribution < -0.4 is 10.2 Å². The quantitative estimate of drug-likeness (QED) is 0.583. The molecular weight excluding hydrogens is 454 g/mol. The number of hydrogen-bond donors (Lipinski definition) is 1. The van der Waals surface area contributed by atoms with Crippen molar-refractivity contribution >= 4 is 23.5 Å². The van der Waals surface area contributed by atoms with Crippen LogP contribution in [0.15, 0.2) is 60.7 Å². The van der Waals surface area contributed by atoms with Crippen LogP contribution in [0.25, 0.3) is 0 Å². The molecule has 1 fully saturated rings. The molecule has 0 bridgehead atoms. The second kappa shape index (κ2) is 9.46. The lowest BCUT2D eigenvalue weighted by atomic mass is 10.1. The van der Waals surface area contributed by atoms with Crippen molar-refractivity contribution in [3.8, 4) is 0 Å². The number of carbonyl (C=O) groups excluding carboxylic acids is 2. The molecule has 2 aromatic carbocycles. The molecule has 1 aliphatic rings. The van der Waals surface area contributed by atoms with Crippen molar-refractivity contribution < 1.29 is 27.2 Å². The van der Waals surface area contributed by atoms with Gasteiger partial charge in [-0.25, -0.2) is 4.39 Å². The highest BCUT2D eigenvalue weighted by Crippen LogP contribution is 2.32. The van der Waals surface area contributed by atoms with E-state index in [-0.39, 0.29) is 30.0 Å². The predicted octanol–water partition coefficient (Wildman–Crippen LogP) is 3.85. The standard InChI is InChI=1S/C23H19F4N5O2/c24-16-7-5-15(6-8-16)21(33)28-19-9-10-20(30-29-19)31-11-13-32(14-12-31)22(34)17-3-1-2-4-18(17)23(25,26)27/h1-10H,11-14H2,(H,28,29,33). The highest BCUT2D eigenvalue weighted by molar-refractivity contribution is 6.03. The summed E-state index contributed by atoms with van der Waals surface area (Å²) in [6.45, 7) is 1.15. The van der Waals surface area contributed by atoms with Gasteiger partial charge in [0.2, 0.25) is 0 Å². The van der Waals surface area contributed by atoms with E-state index < -0.39 is 29.4 Å². The average molecular weight is 473 g/mol. The molecular formula is C23H19F4N5O2. The van der Waals surface area contributed by atoms with Crippen molar-refractivity contribution in [2.75, 3.05) is 36.4 Å². The molecule has 1 aliphatic heterocycles. The maximum absolute atomic E-state index is 13.2. The monoisotopic (exact) mass is 473 g/mol. The van der Waals surface area contributed by atoms with Gasteiger partial charge in [0.15, 0.2) is 11.6 Å². The summed E-state index contributed by atoms with van der Waals surface area (Å²) in [5, 5.41) is 10.6. The molecule has 7 nitrogen and oxygen atoms in total. The first kappa shape index (κ1) is 23.1. The van der Waals surface area contributed by atoms with Crippen LogP contribution in [0.3, 0.4) is 0 Å². The smallest absolute Gasteiger partial charge is 0.352 e. The van der Waals surface area contributed by atoms with Crippen LogP contribution in [0.1, 0.15) is 26.3 Å². The number of rotatable bonds is 4. The van der Waals surface area contributed by atoms with Crippen LogP contribution in [-0.2, 0) is 6.18 Å². The van der Waals surface area contributed by atoms with Gasteiger partial charge in [-0.15, -0.1) is 10.2 Å². The Hall–Kier alpha value is -4.02. The van der Waals surface area contributed by atoms with Gasteiger partial charge in [0, 0.05) is 31.7 Å². The molecule has 0 atom stereocenters. The minimum atomic E-state index is -4.61. The van der Waals surface area contributed by atoms with E-state index in [1.54, 1.807) is 12.1 Å². The van der Waals surface area contributed by atoms with Gasteiger partial charge in [0.1, 0.15) is 5.82 Å². The summed E-state index contributed by atoms with van der Waals surface area (Å²) in [7, 11) is 0. The molecule has 1 N–H and O–H groups in total. The van der Waals surface area contributed by atoms with Gasteiger partial charge in [-0.1, -0.05) is 12.1 Å². The van der Waals surface area contributed by atoms with E-state index in [1.165, 1.54) is 47.4 Å². The number of hydrogen-bond acceptors (Lipinski definition) is 5. The number of nitrogens with one attached hydrogen (secondary N) is 1. The Labute approximate surface area is 192 Å². The number of carbonyl (C=O) groups is 2. The van der Waals surface area contributed by atoms with Crippen LogP contribution >= 0.6 is 0 Å². The molecule has 3 aromatic rings. The fourth-order valence-electron chi connectivity index (χ4n) is 3.58. The number of halogens is 4. The zero-order chi connectivity index (χ0) is 24.3. The van der Waals surface area contributed by atoms with Crippen molar-refractivity contribution in [2.45, 2.75) is 6.18 Å². The molecule has 2 heterocycles. The molecule has 0 radical (unpaired) electrons. The van der Waals surface area contributed by atoms with Gasteiger partial charge >= 0.3 is 6.18 Å². The third-order valence-electron chi connectivity index (χ3n) is 5.35. The summed E-state index contributed by atoms with van der Waals surface area (Å²) in [6.07, 6.45) is -4.61. The Balaban J connectivity index is 1.36. The van der Waals surface area contributed by atoms with Crippen LogP contribution in [-0.4, -0.2) is 53.1 Å². The summed E-state index contributed by atoms with van der Waals surface area (Å²) >= 11 is 0. The number of nitrogens with zero attached hydrogens (tertiary/aromatic N) is 4. The van der Waals surface area contributed by atoms with Crippen molar-refractivity contribution in [3.63, 3.8) is 0 Å². The molecule has 0 spiro atoms. The normalized spacial score (nSPS) is 14.1. The topological polar surface area (TPSA) is 78.4 Å². The third-order valence-corrected chi connectivity index (χ3v) is 5.35. The van der Waals surface area contributed by atoms with Crippen molar-refractivity contribution in [2.24, 2.45) is 0 Å². The van der Waals surface area contributed by atoms with Gasteiger partial charge in [-0.2, -0.15) is 13.2 Å². The number of anilines is 2. The fourth-order valence-corrected chi connectivity index (χ4v) is 3.58. The number of piperazine rings is 1. The largest absolute Gasteiger partial charge is 0.417 e. The van der Waals surface area contributed by atoms with Crippen molar-refractivity contribution in [3.05, 3.63) is 83.2 Å². The third kappa shape index (κ3) is 5.13. The molecule has 34 heavy (non-hydrogen) atoms. The first-order valence-electron chi connectivity index (χ1n) is 10.3. The van der Waals surface area contributed by atoms with Gasteiger partial charge in [-0.05, 0) is 48.5 Å². The second-order valence-electron chi connectivity index (χ2n) is 7.56. The Morgan fingerprint density at radius 1 is 0.853 bits per heavy atom. The Morgan fingerprint density at radius 3 is 2.15 bits per heavy atom. The molecule has 4 rings (SSSR count). The summed E-state index contributed by atoms with van der Waals surface area (Å²) in [6, 6.07) is 13.0. The highest BCUT2D eigenvalue weighted by atomic mass is 19.4. The van der Waals surface area contributed by atoms with E-state index in [1.807, 2.05) is 4.90 Å². The van der Waals surface area contributed by atoms with E-state index in [4.69, 9.17) is 0 Å². The lowest BCUT2D eigenvalue weighted by Crippen LogP contribution is -2.49. The van der Waals surface area contributed by atoms with E-state index in [2.05, 4.69) is 15.5 Å². The van der Waals surface area contributed by atoms with Crippen LogP contribution in [0.2, 0.25) is 0 Å². The summed E-state index contributed by atoms with van der Waals surface area (Å²) < 4.78 is 52.7. The SMILES string of the molecule is O=C(Nc1ccc(N2CCN(C(=O)c3ccccc3C(F)(F)F)CC2)nn1)c1ccc(F)cc1. The van der Waals surface area contributed by atoms with Crippen molar-refractivity contribution in [1.82, 2.24) is 15.1 Å². The Morgan fingerprint density at radius 2 is 1.53 bits per heavy atom. The fraction of sp³-hybridized carbons (Fsp3) is 0.217. The first-order chi connectivity index (χ1) is 16.2. The molecule has 0 aliphatic carbocycles. The van der Waals surface area contributed by atoms with E-state index in [9.17, 15) is 27.2 Å². The molecule has 1 aromatic heterocycles. The molecule has 11 heteroatoms. The lowest BCUT2D eigenvalue weighted by molar-refractivity contribution is -0.138. The number of benzene rings is 2. The zero-order valence-corrected chi connectivity index (χ0v) is 17.7. The number of alkyl halides is 3. The summed E-state index contributed by atoms with van der Waals surface area (Å²) in [4.78, 5) is 28.1. The number of aromatic nitrogens is 2. The van der Waals surface area contributed by atoms with Crippen LogP contribution in [0, 0.1) is 5.82 Å². The Kier molecular flexibility index (Phi) is 6.44. The van der Waals surface area contributed by atoms with E-state index in [0.717, 1.165) is 6.07 Å².